The Morgan fingerprint density at radius 2 is 2.06 bits per heavy atom. The molecule has 2 atom stereocenters. The minimum Gasteiger partial charge on any atom is -0.508 e. The molecule has 6 heteroatoms. The lowest BCUT2D eigenvalue weighted by Gasteiger charge is -2.18. The summed E-state index contributed by atoms with van der Waals surface area (Å²) < 4.78 is 9.51. The maximum Gasteiger partial charge on any atom is 0.338 e. The van der Waals surface area contributed by atoms with E-state index in [0.717, 1.165) is 0 Å². The Morgan fingerprint density at radius 3 is 2.61 bits per heavy atom. The van der Waals surface area contributed by atoms with Gasteiger partial charge in [-0.1, -0.05) is 0 Å². The van der Waals surface area contributed by atoms with Crippen LogP contribution in [0.25, 0.3) is 0 Å². The molecular weight excluding hydrogens is 240 g/mol. The second kappa shape index (κ2) is 6.23. The maximum absolute atomic E-state index is 11.3. The normalized spacial score (nSPS) is 13.8. The Kier molecular flexibility index (Phi) is 4.94. The van der Waals surface area contributed by atoms with Gasteiger partial charge in [0.15, 0.2) is 6.10 Å². The average Bonchev–Trinajstić information content (AvgIpc) is 2.38. The lowest BCUT2D eigenvalue weighted by molar-refractivity contribution is -0.159. The van der Waals surface area contributed by atoms with Gasteiger partial charge in [0.05, 0.1) is 13.7 Å². The van der Waals surface area contributed by atoms with Gasteiger partial charge in [0.2, 0.25) is 0 Å². The van der Waals surface area contributed by atoms with Gasteiger partial charge in [-0.05, 0) is 25.1 Å². The van der Waals surface area contributed by atoms with Crippen molar-refractivity contribution in [2.45, 2.75) is 19.1 Å². The fourth-order valence-electron chi connectivity index (χ4n) is 1.42. The highest BCUT2D eigenvalue weighted by molar-refractivity contribution is 5.75. The molecule has 0 spiro atoms. The molecule has 1 aromatic carbocycles. The summed E-state index contributed by atoms with van der Waals surface area (Å²) in [5.41, 5.74) is -0.00472. The zero-order valence-corrected chi connectivity index (χ0v) is 10.2. The number of carbonyl (C=O) groups is 1. The summed E-state index contributed by atoms with van der Waals surface area (Å²) >= 11 is 0. The number of benzene rings is 1. The highest BCUT2D eigenvalue weighted by atomic mass is 16.5. The number of rotatable bonds is 5. The second-order valence-corrected chi connectivity index (χ2v) is 3.57. The summed E-state index contributed by atoms with van der Waals surface area (Å²) in [4.78, 5) is 11.3. The van der Waals surface area contributed by atoms with Crippen LogP contribution in [0.1, 0.15) is 18.6 Å². The molecule has 1 rings (SSSR count). The maximum atomic E-state index is 11.3. The van der Waals surface area contributed by atoms with Gasteiger partial charge in [-0.25, -0.2) is 4.79 Å². The van der Waals surface area contributed by atoms with Crippen LogP contribution in [-0.4, -0.2) is 41.1 Å². The molecule has 0 heterocycles. The van der Waals surface area contributed by atoms with Crippen LogP contribution in [0.15, 0.2) is 18.2 Å². The number of carbonyl (C=O) groups excluding carboxylic acids is 1. The van der Waals surface area contributed by atoms with Gasteiger partial charge in [-0.2, -0.15) is 0 Å². The molecule has 0 radical (unpaired) electrons. The van der Waals surface area contributed by atoms with Crippen molar-refractivity contribution < 1.29 is 29.6 Å². The van der Waals surface area contributed by atoms with E-state index in [0.29, 0.717) is 5.75 Å². The zero-order valence-electron chi connectivity index (χ0n) is 10.2. The summed E-state index contributed by atoms with van der Waals surface area (Å²) in [6.07, 6.45) is -3.35. The molecule has 0 saturated heterocycles. The number of esters is 1. The van der Waals surface area contributed by atoms with E-state index in [9.17, 15) is 20.1 Å². The zero-order chi connectivity index (χ0) is 13.7. The Balaban J connectivity index is 2.95. The summed E-state index contributed by atoms with van der Waals surface area (Å²) in [7, 11) is 1.42. The molecule has 0 saturated carbocycles. The predicted molar refractivity (Wildman–Crippen MR) is 62.3 cm³/mol. The number of phenolic OH excluding ortho intramolecular Hbond substituents is 1. The van der Waals surface area contributed by atoms with E-state index in [2.05, 4.69) is 4.74 Å². The van der Waals surface area contributed by atoms with Crippen LogP contribution in [0, 0.1) is 0 Å². The SMILES string of the molecule is CCOC(=O)C(O)C(O)c1cc(OC)ccc1O. The fraction of sp³-hybridized carbons (Fsp3) is 0.417. The Bertz CT molecular complexity index is 417. The Morgan fingerprint density at radius 1 is 1.39 bits per heavy atom. The van der Waals surface area contributed by atoms with Gasteiger partial charge in [0.25, 0.3) is 0 Å². The summed E-state index contributed by atoms with van der Waals surface area (Å²) in [6.45, 7) is 1.67. The number of ether oxygens (including phenoxy) is 2. The van der Waals surface area contributed by atoms with E-state index in [1.54, 1.807) is 6.92 Å². The first kappa shape index (κ1) is 14.3. The minimum atomic E-state index is -1.76. The topological polar surface area (TPSA) is 96.2 Å². The van der Waals surface area contributed by atoms with Crippen molar-refractivity contribution in [3.8, 4) is 11.5 Å². The average molecular weight is 256 g/mol. The number of hydrogen-bond acceptors (Lipinski definition) is 6. The number of phenols is 1. The third-order valence-corrected chi connectivity index (χ3v) is 2.38. The number of hydrogen-bond donors (Lipinski definition) is 3. The van der Waals surface area contributed by atoms with Gasteiger partial charge in [0, 0.05) is 5.56 Å². The molecule has 0 aliphatic rings. The van der Waals surface area contributed by atoms with Crippen LogP contribution in [0.4, 0.5) is 0 Å². The van der Waals surface area contributed by atoms with Crippen LogP contribution >= 0.6 is 0 Å². The van der Waals surface area contributed by atoms with Crippen LogP contribution in [0.2, 0.25) is 0 Å². The van der Waals surface area contributed by atoms with Crippen molar-refractivity contribution >= 4 is 5.97 Å². The number of aromatic hydroxyl groups is 1. The van der Waals surface area contributed by atoms with Crippen molar-refractivity contribution in [3.05, 3.63) is 23.8 Å². The first-order valence-electron chi connectivity index (χ1n) is 5.41. The third-order valence-electron chi connectivity index (χ3n) is 2.38. The molecule has 0 bridgehead atoms. The summed E-state index contributed by atoms with van der Waals surface area (Å²) in [5.74, 6) is -0.809. The molecule has 18 heavy (non-hydrogen) atoms. The molecule has 0 amide bonds. The van der Waals surface area contributed by atoms with Gasteiger partial charge in [0.1, 0.15) is 17.6 Å². The third kappa shape index (κ3) is 3.12. The molecule has 0 aliphatic carbocycles. The smallest absolute Gasteiger partial charge is 0.338 e. The quantitative estimate of drug-likeness (QED) is 0.658. The molecule has 0 fully saturated rings. The fourth-order valence-corrected chi connectivity index (χ4v) is 1.42. The van der Waals surface area contributed by atoms with Crippen LogP contribution in [-0.2, 0) is 9.53 Å². The molecule has 0 aliphatic heterocycles. The summed E-state index contributed by atoms with van der Waals surface area (Å²) in [5, 5.41) is 29.0. The van der Waals surface area contributed by atoms with Gasteiger partial charge < -0.3 is 24.8 Å². The first-order valence-corrected chi connectivity index (χ1v) is 5.41. The lowest BCUT2D eigenvalue weighted by atomic mass is 10.0. The lowest BCUT2D eigenvalue weighted by Crippen LogP contribution is -2.29. The number of methoxy groups -OCH3 is 1. The van der Waals surface area contributed by atoms with Crippen molar-refractivity contribution in [2.24, 2.45) is 0 Å². The molecule has 3 N–H and O–H groups in total. The molecule has 100 valence electrons. The molecule has 2 unspecified atom stereocenters. The van der Waals surface area contributed by atoms with E-state index >= 15 is 0 Å². The minimum absolute atomic E-state index is 0.00472. The standard InChI is InChI=1S/C12H16O6/c1-3-18-12(16)11(15)10(14)8-6-7(17-2)4-5-9(8)13/h4-6,10-11,13-15H,3H2,1-2H3. The molecule has 0 aromatic heterocycles. The highest BCUT2D eigenvalue weighted by Gasteiger charge is 2.29. The van der Waals surface area contributed by atoms with E-state index in [1.807, 2.05) is 0 Å². The monoisotopic (exact) mass is 256 g/mol. The summed E-state index contributed by atoms with van der Waals surface area (Å²) in [6, 6.07) is 4.13. The Hall–Kier alpha value is -1.79. The van der Waals surface area contributed by atoms with Crippen molar-refractivity contribution in [1.82, 2.24) is 0 Å². The van der Waals surface area contributed by atoms with E-state index in [1.165, 1.54) is 25.3 Å². The molecule has 6 nitrogen and oxygen atoms in total. The highest BCUT2D eigenvalue weighted by Crippen LogP contribution is 2.30. The first-order chi connectivity index (χ1) is 8.51. The van der Waals surface area contributed by atoms with Crippen molar-refractivity contribution in [1.29, 1.82) is 0 Å². The van der Waals surface area contributed by atoms with Crippen LogP contribution in [0.5, 0.6) is 11.5 Å². The van der Waals surface area contributed by atoms with E-state index < -0.39 is 18.2 Å². The number of aliphatic hydroxyl groups is 2. The largest absolute Gasteiger partial charge is 0.508 e. The molecule has 1 aromatic rings. The van der Waals surface area contributed by atoms with Gasteiger partial charge in [-0.15, -0.1) is 0 Å². The second-order valence-electron chi connectivity index (χ2n) is 3.57. The number of aliphatic hydroxyl groups excluding tert-OH is 2. The van der Waals surface area contributed by atoms with Gasteiger partial charge in [-0.3, -0.25) is 0 Å². The molecular formula is C12H16O6. The Labute approximate surface area is 104 Å². The van der Waals surface area contributed by atoms with Crippen molar-refractivity contribution in [3.63, 3.8) is 0 Å². The van der Waals surface area contributed by atoms with E-state index in [-0.39, 0.29) is 17.9 Å². The van der Waals surface area contributed by atoms with Gasteiger partial charge >= 0.3 is 5.97 Å². The predicted octanol–water partition coefficient (Wildman–Crippen LogP) is 0.358. The van der Waals surface area contributed by atoms with Crippen LogP contribution < -0.4 is 4.74 Å². The van der Waals surface area contributed by atoms with Crippen molar-refractivity contribution in [2.75, 3.05) is 13.7 Å². The van der Waals surface area contributed by atoms with Crippen LogP contribution in [0.3, 0.4) is 0 Å². The van der Waals surface area contributed by atoms with E-state index in [4.69, 9.17) is 4.74 Å².